The Morgan fingerprint density at radius 3 is 2.47 bits per heavy atom. The molecule has 4 nitrogen and oxygen atoms in total. The second-order valence-electron chi connectivity index (χ2n) is 2.98. The van der Waals surface area contributed by atoms with Gasteiger partial charge in [0.15, 0.2) is 0 Å². The minimum atomic E-state index is 0.505. The molecule has 5 heteroatoms. The number of thiocarbonyl (C=S) groups is 1. The number of nitrogens with zero attached hydrogens (tertiary/aromatic N) is 1. The van der Waals surface area contributed by atoms with Gasteiger partial charge in [0.2, 0.25) is 0 Å². The van der Waals surface area contributed by atoms with E-state index in [0.29, 0.717) is 10.7 Å². The molecule has 0 aromatic heterocycles. The first-order valence-electron chi connectivity index (χ1n) is 4.35. The highest BCUT2D eigenvalue weighted by Gasteiger charge is 2.11. The molecule has 1 rings (SSSR count). The minimum Gasteiger partial charge on any atom is -0.497 e. The molecule has 0 aliphatic carbocycles. The molecule has 0 radical (unpaired) electrons. The molecular formula is C10H14N2O2S. The van der Waals surface area contributed by atoms with Crippen molar-refractivity contribution in [3.63, 3.8) is 0 Å². The molecule has 15 heavy (non-hydrogen) atoms. The van der Waals surface area contributed by atoms with Crippen LogP contribution >= 0.6 is 12.2 Å². The van der Waals surface area contributed by atoms with Crippen molar-refractivity contribution in [3.05, 3.63) is 23.8 Å². The maximum atomic E-state index is 5.58. The molecule has 0 bridgehead atoms. The van der Waals surface area contributed by atoms with Gasteiger partial charge >= 0.3 is 0 Å². The van der Waals surface area contributed by atoms with Crippen LogP contribution in [0.5, 0.6) is 11.5 Å². The molecule has 0 unspecified atom stereocenters. The van der Waals surface area contributed by atoms with Gasteiger partial charge in [0, 0.05) is 7.05 Å². The van der Waals surface area contributed by atoms with Gasteiger partial charge in [-0.1, -0.05) is 12.2 Å². The van der Waals surface area contributed by atoms with E-state index >= 15 is 0 Å². The van der Waals surface area contributed by atoms with Crippen LogP contribution in [0.4, 0.5) is 0 Å². The number of benzene rings is 1. The number of methoxy groups -OCH3 is 2. The maximum Gasteiger partial charge on any atom is 0.129 e. The summed E-state index contributed by atoms with van der Waals surface area (Å²) in [5.74, 6) is 6.98. The Balaban J connectivity index is 3.17. The molecule has 1 aromatic carbocycles. The Hall–Kier alpha value is -1.33. The lowest BCUT2D eigenvalue weighted by atomic mass is 10.2. The molecule has 0 saturated carbocycles. The molecule has 0 heterocycles. The van der Waals surface area contributed by atoms with Gasteiger partial charge in [0.25, 0.3) is 0 Å². The molecule has 82 valence electrons. The summed E-state index contributed by atoms with van der Waals surface area (Å²) in [7, 11) is 4.87. The van der Waals surface area contributed by atoms with E-state index in [1.165, 1.54) is 5.01 Å². The van der Waals surface area contributed by atoms with E-state index in [1.54, 1.807) is 33.4 Å². The van der Waals surface area contributed by atoms with Crippen molar-refractivity contribution in [3.8, 4) is 11.5 Å². The minimum absolute atomic E-state index is 0.505. The quantitative estimate of drug-likeness (QED) is 0.476. The van der Waals surface area contributed by atoms with Crippen molar-refractivity contribution in [2.75, 3.05) is 21.3 Å². The van der Waals surface area contributed by atoms with Gasteiger partial charge in [0.05, 0.1) is 19.8 Å². The number of hydrazine groups is 1. The molecule has 1 aromatic rings. The number of hydrogen-bond donors (Lipinski definition) is 1. The van der Waals surface area contributed by atoms with Gasteiger partial charge in [-0.15, -0.1) is 0 Å². The van der Waals surface area contributed by atoms with Crippen LogP contribution < -0.4 is 15.3 Å². The third-order valence-corrected chi connectivity index (χ3v) is 2.47. The fraction of sp³-hybridized carbons (Fsp3) is 0.300. The summed E-state index contributed by atoms with van der Waals surface area (Å²) in [5, 5.41) is 1.37. The lowest BCUT2D eigenvalue weighted by molar-refractivity contribution is 0.401. The van der Waals surface area contributed by atoms with E-state index in [4.69, 9.17) is 27.5 Å². The smallest absolute Gasteiger partial charge is 0.129 e. The standard InChI is InChI=1S/C10H14N2O2S/c1-12(11)10(15)8-6-7(13-2)4-5-9(8)14-3/h4-6H,11H2,1-3H3. The van der Waals surface area contributed by atoms with Gasteiger partial charge in [-0.3, -0.25) is 0 Å². The van der Waals surface area contributed by atoms with Gasteiger partial charge in [-0.25, -0.2) is 5.84 Å². The Morgan fingerprint density at radius 2 is 2.00 bits per heavy atom. The summed E-state index contributed by atoms with van der Waals surface area (Å²) in [6, 6.07) is 5.40. The van der Waals surface area contributed by atoms with Crippen LogP contribution in [0.15, 0.2) is 18.2 Å². The fourth-order valence-corrected chi connectivity index (χ4v) is 1.33. The second-order valence-corrected chi connectivity index (χ2v) is 3.37. The molecule has 0 aliphatic heterocycles. The first-order valence-corrected chi connectivity index (χ1v) is 4.75. The summed E-state index contributed by atoms with van der Waals surface area (Å²) in [5.41, 5.74) is 0.747. The summed E-state index contributed by atoms with van der Waals surface area (Å²) in [6.07, 6.45) is 0. The Kier molecular flexibility index (Phi) is 3.88. The van der Waals surface area contributed by atoms with E-state index in [0.717, 1.165) is 11.3 Å². The monoisotopic (exact) mass is 226 g/mol. The lowest BCUT2D eigenvalue weighted by Crippen LogP contribution is -2.32. The number of ether oxygens (including phenoxy) is 2. The van der Waals surface area contributed by atoms with E-state index in [2.05, 4.69) is 0 Å². The van der Waals surface area contributed by atoms with Crippen LogP contribution in [-0.4, -0.2) is 31.3 Å². The third-order valence-electron chi connectivity index (χ3n) is 1.96. The Labute approximate surface area is 94.5 Å². The van der Waals surface area contributed by atoms with Crippen molar-refractivity contribution in [2.24, 2.45) is 5.84 Å². The SMILES string of the molecule is COc1ccc(OC)c(C(=S)N(C)N)c1. The number of hydrogen-bond acceptors (Lipinski definition) is 4. The zero-order chi connectivity index (χ0) is 11.4. The zero-order valence-corrected chi connectivity index (χ0v) is 9.80. The average Bonchev–Trinajstić information content (AvgIpc) is 2.27. The van der Waals surface area contributed by atoms with Crippen molar-refractivity contribution in [1.82, 2.24) is 5.01 Å². The van der Waals surface area contributed by atoms with Crippen molar-refractivity contribution < 1.29 is 9.47 Å². The largest absolute Gasteiger partial charge is 0.497 e. The van der Waals surface area contributed by atoms with Crippen LogP contribution in [0.1, 0.15) is 5.56 Å². The van der Waals surface area contributed by atoms with Gasteiger partial charge in [-0.2, -0.15) is 0 Å². The van der Waals surface area contributed by atoms with Crippen molar-refractivity contribution in [2.45, 2.75) is 0 Å². The van der Waals surface area contributed by atoms with E-state index in [9.17, 15) is 0 Å². The van der Waals surface area contributed by atoms with Crippen molar-refractivity contribution in [1.29, 1.82) is 0 Å². The molecular weight excluding hydrogens is 212 g/mol. The normalized spacial score (nSPS) is 9.60. The van der Waals surface area contributed by atoms with E-state index < -0.39 is 0 Å². The highest BCUT2D eigenvalue weighted by atomic mass is 32.1. The second kappa shape index (κ2) is 4.95. The average molecular weight is 226 g/mol. The van der Waals surface area contributed by atoms with E-state index in [-0.39, 0.29) is 0 Å². The molecule has 0 fully saturated rings. The van der Waals surface area contributed by atoms with Crippen molar-refractivity contribution >= 4 is 17.2 Å². The summed E-state index contributed by atoms with van der Waals surface area (Å²) in [6.45, 7) is 0. The summed E-state index contributed by atoms with van der Waals surface area (Å²) in [4.78, 5) is 0.505. The van der Waals surface area contributed by atoms with Crippen LogP contribution in [0.25, 0.3) is 0 Å². The Bertz CT molecular complexity index is 366. The topological polar surface area (TPSA) is 47.7 Å². The van der Waals surface area contributed by atoms with Crippen LogP contribution in [0.3, 0.4) is 0 Å². The molecule has 2 N–H and O–H groups in total. The van der Waals surface area contributed by atoms with Gasteiger partial charge < -0.3 is 14.5 Å². The molecule has 0 atom stereocenters. The molecule has 0 amide bonds. The van der Waals surface area contributed by atoms with Crippen LogP contribution in [0.2, 0.25) is 0 Å². The summed E-state index contributed by atoms with van der Waals surface area (Å²) >= 11 is 5.17. The van der Waals surface area contributed by atoms with E-state index in [1.807, 2.05) is 6.07 Å². The van der Waals surface area contributed by atoms with Gasteiger partial charge in [0.1, 0.15) is 16.5 Å². The molecule has 0 saturated heterocycles. The highest BCUT2D eigenvalue weighted by molar-refractivity contribution is 7.80. The highest BCUT2D eigenvalue weighted by Crippen LogP contribution is 2.24. The van der Waals surface area contributed by atoms with Crippen LogP contribution in [0, 0.1) is 0 Å². The first-order chi connectivity index (χ1) is 7.10. The maximum absolute atomic E-state index is 5.58. The molecule has 0 aliphatic rings. The van der Waals surface area contributed by atoms with Gasteiger partial charge in [-0.05, 0) is 18.2 Å². The number of nitrogens with two attached hydrogens (primary N) is 1. The predicted molar refractivity (Wildman–Crippen MR) is 63.2 cm³/mol. The Morgan fingerprint density at radius 1 is 1.33 bits per heavy atom. The first kappa shape index (κ1) is 11.7. The number of rotatable bonds is 3. The predicted octanol–water partition coefficient (Wildman–Crippen LogP) is 1.18. The zero-order valence-electron chi connectivity index (χ0n) is 8.98. The third kappa shape index (κ3) is 2.57. The summed E-state index contributed by atoms with van der Waals surface area (Å²) < 4.78 is 10.3. The molecule has 0 spiro atoms. The van der Waals surface area contributed by atoms with Crippen LogP contribution in [-0.2, 0) is 0 Å². The fourth-order valence-electron chi connectivity index (χ4n) is 1.17. The lowest BCUT2D eigenvalue weighted by Gasteiger charge is -2.16.